The maximum Gasteiger partial charge on any atom is 0.407 e. The predicted octanol–water partition coefficient (Wildman–Crippen LogP) is 3.05. The van der Waals surface area contributed by atoms with E-state index in [2.05, 4.69) is 16.0 Å². The summed E-state index contributed by atoms with van der Waals surface area (Å²) in [5, 5.41) is 7.94. The van der Waals surface area contributed by atoms with Crippen LogP contribution in [0, 0.1) is 17.7 Å². The molecule has 3 N–H and O–H groups in total. The summed E-state index contributed by atoms with van der Waals surface area (Å²) in [4.78, 5) is 49.3. The summed E-state index contributed by atoms with van der Waals surface area (Å²) in [7, 11) is 0. The molecule has 0 aromatic heterocycles. The molecular formula is C24H34FN3O5S. The van der Waals surface area contributed by atoms with Crippen molar-refractivity contribution in [1.82, 2.24) is 16.0 Å². The number of hydrogen-bond acceptors (Lipinski definition) is 6. The predicted molar refractivity (Wildman–Crippen MR) is 128 cm³/mol. The first kappa shape index (κ1) is 27.6. The van der Waals surface area contributed by atoms with Crippen molar-refractivity contribution in [1.29, 1.82) is 0 Å². The van der Waals surface area contributed by atoms with Crippen molar-refractivity contribution >= 4 is 36.0 Å². The summed E-state index contributed by atoms with van der Waals surface area (Å²) in [5.74, 6) is -1.21. The number of rotatable bonds is 12. The minimum absolute atomic E-state index is 0.0315. The van der Waals surface area contributed by atoms with E-state index in [9.17, 15) is 23.6 Å². The van der Waals surface area contributed by atoms with E-state index in [4.69, 9.17) is 4.74 Å². The largest absolute Gasteiger partial charge is 0.448 e. The molecule has 34 heavy (non-hydrogen) atoms. The van der Waals surface area contributed by atoms with E-state index in [0.29, 0.717) is 30.6 Å². The third kappa shape index (κ3) is 9.32. The van der Waals surface area contributed by atoms with Crippen LogP contribution in [0.25, 0.3) is 0 Å². The van der Waals surface area contributed by atoms with E-state index in [1.165, 1.54) is 23.9 Å². The van der Waals surface area contributed by atoms with Gasteiger partial charge in [-0.15, -0.1) is 11.8 Å². The molecular weight excluding hydrogens is 461 g/mol. The van der Waals surface area contributed by atoms with Crippen LogP contribution in [0.4, 0.5) is 9.18 Å². The average molecular weight is 496 g/mol. The van der Waals surface area contributed by atoms with Crippen LogP contribution >= 0.6 is 11.8 Å². The quantitative estimate of drug-likeness (QED) is 0.303. The van der Waals surface area contributed by atoms with Crippen molar-refractivity contribution < 1.29 is 28.3 Å². The second-order valence-electron chi connectivity index (χ2n) is 9.49. The van der Waals surface area contributed by atoms with Gasteiger partial charge in [0.1, 0.15) is 24.8 Å². The van der Waals surface area contributed by atoms with Crippen LogP contribution in [0.1, 0.15) is 47.0 Å². The smallest absolute Gasteiger partial charge is 0.407 e. The number of hydrogen-bond donors (Lipinski definition) is 3. The second kappa shape index (κ2) is 12.7. The van der Waals surface area contributed by atoms with Gasteiger partial charge in [0.2, 0.25) is 11.8 Å². The lowest BCUT2D eigenvalue weighted by Crippen LogP contribution is -2.51. The van der Waals surface area contributed by atoms with Crippen molar-refractivity contribution in [3.63, 3.8) is 0 Å². The summed E-state index contributed by atoms with van der Waals surface area (Å²) >= 11 is 1.37. The van der Waals surface area contributed by atoms with Crippen molar-refractivity contribution in [2.45, 2.75) is 68.7 Å². The first-order valence-corrected chi connectivity index (χ1v) is 12.2. The molecule has 0 bridgehead atoms. The molecule has 188 valence electrons. The maximum absolute atomic E-state index is 13.4. The summed E-state index contributed by atoms with van der Waals surface area (Å²) in [5.41, 5.74) is 0. The van der Waals surface area contributed by atoms with Gasteiger partial charge in [-0.3, -0.25) is 9.59 Å². The number of aldehydes is 1. The van der Waals surface area contributed by atoms with Crippen LogP contribution in [-0.4, -0.2) is 54.2 Å². The van der Waals surface area contributed by atoms with Crippen LogP contribution in [0.15, 0.2) is 29.2 Å². The van der Waals surface area contributed by atoms with Crippen LogP contribution in [-0.2, 0) is 19.1 Å². The Hall–Kier alpha value is -2.62. The second-order valence-corrected chi connectivity index (χ2v) is 11.3. The molecule has 1 aliphatic rings. The molecule has 2 rings (SSSR count). The van der Waals surface area contributed by atoms with Gasteiger partial charge >= 0.3 is 6.09 Å². The Morgan fingerprint density at radius 1 is 1.32 bits per heavy atom. The zero-order valence-electron chi connectivity index (χ0n) is 20.1. The lowest BCUT2D eigenvalue weighted by Gasteiger charge is -2.26. The van der Waals surface area contributed by atoms with E-state index in [1.54, 1.807) is 12.1 Å². The minimum Gasteiger partial charge on any atom is -0.448 e. The number of ether oxygens (including phenoxy) is 1. The summed E-state index contributed by atoms with van der Waals surface area (Å²) in [6.07, 6.45) is 1.03. The van der Waals surface area contributed by atoms with Gasteiger partial charge in [0.15, 0.2) is 0 Å². The molecule has 1 aromatic rings. The monoisotopic (exact) mass is 495 g/mol. The molecule has 0 aliphatic carbocycles. The molecule has 1 saturated heterocycles. The molecule has 10 heteroatoms. The number of amides is 3. The molecule has 1 aliphatic heterocycles. The molecule has 1 fully saturated rings. The average Bonchev–Trinajstić information content (AvgIpc) is 3.15. The topological polar surface area (TPSA) is 114 Å². The molecule has 0 spiro atoms. The Morgan fingerprint density at radius 3 is 2.65 bits per heavy atom. The molecule has 8 nitrogen and oxygen atoms in total. The number of halogens is 1. The number of nitrogens with one attached hydrogen (secondary N) is 3. The Bertz CT molecular complexity index is 880. The van der Waals surface area contributed by atoms with Gasteiger partial charge in [-0.25, -0.2) is 9.18 Å². The molecule has 3 amide bonds. The van der Waals surface area contributed by atoms with Crippen LogP contribution in [0.3, 0.4) is 0 Å². The van der Waals surface area contributed by atoms with E-state index >= 15 is 0 Å². The number of thioether (sulfide) groups is 1. The SMILES string of the molecule is CC(C)C[C@H](NC(=O)OCC(C)(C)Sc1cccc(F)c1)C(=O)N[C@H](C=O)C[C@@H]1CCNC1=O. The van der Waals surface area contributed by atoms with Crippen molar-refractivity contribution in [2.24, 2.45) is 11.8 Å². The number of carbonyl (C=O) groups excluding carboxylic acids is 4. The lowest BCUT2D eigenvalue weighted by atomic mass is 9.98. The highest BCUT2D eigenvalue weighted by Crippen LogP contribution is 2.33. The molecule has 3 atom stereocenters. The van der Waals surface area contributed by atoms with Gasteiger partial charge < -0.3 is 25.5 Å². The maximum atomic E-state index is 13.4. The van der Waals surface area contributed by atoms with Crippen LogP contribution in [0.2, 0.25) is 0 Å². The molecule has 1 heterocycles. The van der Waals surface area contributed by atoms with Crippen LogP contribution < -0.4 is 16.0 Å². The molecule has 0 radical (unpaired) electrons. The van der Waals surface area contributed by atoms with E-state index in [-0.39, 0.29) is 36.6 Å². The zero-order valence-corrected chi connectivity index (χ0v) is 20.9. The number of alkyl carbamates (subject to hydrolysis) is 1. The van der Waals surface area contributed by atoms with Crippen molar-refractivity contribution in [3.05, 3.63) is 30.1 Å². The van der Waals surface area contributed by atoms with Gasteiger partial charge in [-0.2, -0.15) is 0 Å². The molecule has 0 unspecified atom stereocenters. The molecule has 0 saturated carbocycles. The Labute approximate surface area is 204 Å². The van der Waals surface area contributed by atoms with Crippen LogP contribution in [0.5, 0.6) is 0 Å². The Morgan fingerprint density at radius 2 is 2.06 bits per heavy atom. The Kier molecular flexibility index (Phi) is 10.3. The van der Waals surface area contributed by atoms with Crippen molar-refractivity contribution in [2.75, 3.05) is 13.2 Å². The standard InChI is InChI=1S/C24H34FN3O5S/c1-15(2)10-20(22(31)27-18(13-29)11-16-8-9-26-21(16)30)28-23(32)33-14-24(3,4)34-19-7-5-6-17(25)12-19/h5-7,12-13,15-16,18,20H,8-11,14H2,1-4H3,(H,26,30)(H,27,31)(H,28,32)/t16-,18-,20-/m0/s1. The normalized spacial score (nSPS) is 17.6. The minimum atomic E-state index is -0.897. The third-order valence-corrected chi connectivity index (χ3v) is 6.41. The molecule has 1 aromatic carbocycles. The third-order valence-electron chi connectivity index (χ3n) is 5.25. The fraction of sp³-hybridized carbons (Fsp3) is 0.583. The summed E-state index contributed by atoms with van der Waals surface area (Å²) in [6, 6.07) is 4.44. The van der Waals surface area contributed by atoms with Gasteiger partial charge in [0.25, 0.3) is 0 Å². The summed E-state index contributed by atoms with van der Waals surface area (Å²) in [6.45, 7) is 8.13. The van der Waals surface area contributed by atoms with E-state index in [1.807, 2.05) is 27.7 Å². The zero-order chi connectivity index (χ0) is 25.3. The van der Waals surface area contributed by atoms with Gasteiger partial charge in [-0.1, -0.05) is 19.9 Å². The number of carbonyl (C=O) groups is 4. The lowest BCUT2D eigenvalue weighted by molar-refractivity contribution is -0.127. The van der Waals surface area contributed by atoms with E-state index in [0.717, 1.165) is 0 Å². The highest BCUT2D eigenvalue weighted by atomic mass is 32.2. The first-order valence-electron chi connectivity index (χ1n) is 11.4. The van der Waals surface area contributed by atoms with Gasteiger partial charge in [-0.05, 0) is 57.2 Å². The van der Waals surface area contributed by atoms with E-state index < -0.39 is 28.8 Å². The highest BCUT2D eigenvalue weighted by molar-refractivity contribution is 8.00. The van der Waals surface area contributed by atoms with Crippen molar-refractivity contribution in [3.8, 4) is 0 Å². The van der Waals surface area contributed by atoms with Gasteiger partial charge in [0, 0.05) is 22.1 Å². The Balaban J connectivity index is 1.91. The summed E-state index contributed by atoms with van der Waals surface area (Å²) < 4.78 is 18.3. The first-order chi connectivity index (χ1) is 16.0. The fourth-order valence-electron chi connectivity index (χ4n) is 3.61. The highest BCUT2D eigenvalue weighted by Gasteiger charge is 2.30. The fourth-order valence-corrected chi connectivity index (χ4v) is 4.69. The van der Waals surface area contributed by atoms with Gasteiger partial charge in [0.05, 0.1) is 6.04 Å². The number of benzene rings is 1.